The quantitative estimate of drug-likeness (QED) is 0.793. The number of hydrogen-bond donors (Lipinski definition) is 0. The van der Waals surface area contributed by atoms with E-state index in [2.05, 4.69) is 25.9 Å². The fourth-order valence-electron chi connectivity index (χ4n) is 1.26. The van der Waals surface area contributed by atoms with Gasteiger partial charge in [0.1, 0.15) is 5.82 Å². The Morgan fingerprint density at radius 3 is 2.87 bits per heavy atom. The van der Waals surface area contributed by atoms with Crippen molar-refractivity contribution < 1.29 is 4.79 Å². The lowest BCUT2D eigenvalue weighted by molar-refractivity contribution is 0.0957. The van der Waals surface area contributed by atoms with Gasteiger partial charge in [-0.15, -0.1) is 0 Å². The molecule has 2 heterocycles. The van der Waals surface area contributed by atoms with Crippen molar-refractivity contribution in [1.29, 1.82) is 0 Å². The van der Waals surface area contributed by atoms with E-state index in [1.165, 1.54) is 10.8 Å². The third-order valence-corrected chi connectivity index (χ3v) is 2.43. The molecule has 15 heavy (non-hydrogen) atoms. The molecule has 0 fully saturated rings. The van der Waals surface area contributed by atoms with Crippen molar-refractivity contribution in [3.63, 3.8) is 0 Å². The Morgan fingerprint density at radius 2 is 2.27 bits per heavy atom. The highest BCUT2D eigenvalue weighted by Crippen LogP contribution is 2.11. The number of aromatic nitrogens is 3. The molecule has 0 aliphatic carbocycles. The third kappa shape index (κ3) is 1.97. The fourth-order valence-corrected chi connectivity index (χ4v) is 1.63. The summed E-state index contributed by atoms with van der Waals surface area (Å²) in [6.07, 6.45) is 6.40. The van der Waals surface area contributed by atoms with Gasteiger partial charge in [-0.3, -0.25) is 14.3 Å². The number of hydrogen-bond acceptors (Lipinski definition) is 3. The summed E-state index contributed by atoms with van der Waals surface area (Å²) < 4.78 is 2.27. The SMILES string of the molecule is Cc1nccn1C(=O)c1cncc(Br)c1. The number of carbonyl (C=O) groups is 1. The first-order chi connectivity index (χ1) is 7.18. The summed E-state index contributed by atoms with van der Waals surface area (Å²) in [5.74, 6) is 0.541. The molecule has 0 aliphatic rings. The molecule has 0 amide bonds. The van der Waals surface area contributed by atoms with E-state index in [1.807, 2.05) is 0 Å². The Bertz CT molecular complexity index is 507. The van der Waals surface area contributed by atoms with Crippen molar-refractivity contribution in [2.75, 3.05) is 0 Å². The smallest absolute Gasteiger partial charge is 0.264 e. The Balaban J connectivity index is 2.41. The van der Waals surface area contributed by atoms with Gasteiger partial charge in [-0.2, -0.15) is 0 Å². The van der Waals surface area contributed by atoms with E-state index in [-0.39, 0.29) is 5.91 Å². The summed E-state index contributed by atoms with van der Waals surface area (Å²) in [5.41, 5.74) is 0.533. The zero-order valence-electron chi connectivity index (χ0n) is 8.01. The van der Waals surface area contributed by atoms with Crippen LogP contribution >= 0.6 is 15.9 Å². The molecule has 0 aromatic carbocycles. The Hall–Kier alpha value is -1.49. The van der Waals surface area contributed by atoms with Gasteiger partial charge in [-0.05, 0) is 28.9 Å². The molecule has 2 aromatic heterocycles. The number of nitrogens with zero attached hydrogens (tertiary/aromatic N) is 3. The Kier molecular flexibility index (Phi) is 2.64. The van der Waals surface area contributed by atoms with E-state index in [0.717, 1.165) is 4.47 Å². The minimum Gasteiger partial charge on any atom is -0.270 e. The first kappa shape index (κ1) is 10.0. The number of carbonyl (C=O) groups excluding carboxylic acids is 1. The molecular formula is C10H8BrN3O. The summed E-state index contributed by atoms with van der Waals surface area (Å²) >= 11 is 3.27. The molecule has 0 saturated heterocycles. The van der Waals surface area contributed by atoms with E-state index in [4.69, 9.17) is 0 Å². The van der Waals surface area contributed by atoms with Crippen LogP contribution in [0.3, 0.4) is 0 Å². The van der Waals surface area contributed by atoms with Crippen LogP contribution in [0.4, 0.5) is 0 Å². The molecule has 5 heteroatoms. The molecule has 0 aliphatic heterocycles. The van der Waals surface area contributed by atoms with E-state index in [0.29, 0.717) is 11.4 Å². The molecule has 4 nitrogen and oxygen atoms in total. The maximum absolute atomic E-state index is 11.9. The predicted molar refractivity (Wildman–Crippen MR) is 58.6 cm³/mol. The lowest BCUT2D eigenvalue weighted by atomic mass is 10.2. The van der Waals surface area contributed by atoms with E-state index in [9.17, 15) is 4.79 Å². The standard InChI is InChI=1S/C10H8BrN3O/c1-7-13-2-3-14(7)10(15)8-4-9(11)6-12-5-8/h2-6H,1H3. The Labute approximate surface area is 95.1 Å². The third-order valence-electron chi connectivity index (χ3n) is 2.00. The zero-order valence-corrected chi connectivity index (χ0v) is 9.60. The van der Waals surface area contributed by atoms with Crippen molar-refractivity contribution in [3.8, 4) is 0 Å². The van der Waals surface area contributed by atoms with Gasteiger partial charge in [0.2, 0.25) is 0 Å². The largest absolute Gasteiger partial charge is 0.270 e. The van der Waals surface area contributed by atoms with Gasteiger partial charge in [-0.1, -0.05) is 0 Å². The van der Waals surface area contributed by atoms with Crippen LogP contribution < -0.4 is 0 Å². The van der Waals surface area contributed by atoms with Gasteiger partial charge in [0, 0.05) is 29.3 Å². The van der Waals surface area contributed by atoms with E-state index < -0.39 is 0 Å². The fraction of sp³-hybridized carbons (Fsp3) is 0.100. The molecule has 0 atom stereocenters. The van der Waals surface area contributed by atoms with Crippen molar-refractivity contribution >= 4 is 21.8 Å². The minimum absolute atomic E-state index is 0.126. The summed E-state index contributed by atoms with van der Waals surface area (Å²) in [5, 5.41) is 0. The van der Waals surface area contributed by atoms with Gasteiger partial charge in [0.15, 0.2) is 0 Å². The van der Waals surface area contributed by atoms with Gasteiger partial charge in [-0.25, -0.2) is 4.98 Å². The highest BCUT2D eigenvalue weighted by Gasteiger charge is 2.10. The molecule has 0 spiro atoms. The average Bonchev–Trinajstić information content (AvgIpc) is 2.63. The van der Waals surface area contributed by atoms with Crippen LogP contribution in [-0.4, -0.2) is 20.4 Å². The van der Waals surface area contributed by atoms with Crippen LogP contribution in [0.15, 0.2) is 35.3 Å². The van der Waals surface area contributed by atoms with Gasteiger partial charge in [0.25, 0.3) is 5.91 Å². The molecule has 0 unspecified atom stereocenters. The summed E-state index contributed by atoms with van der Waals surface area (Å²) in [6, 6.07) is 1.73. The van der Waals surface area contributed by atoms with Crippen molar-refractivity contribution in [3.05, 3.63) is 46.7 Å². The number of imidazole rings is 1. The summed E-state index contributed by atoms with van der Waals surface area (Å²) in [4.78, 5) is 19.9. The average molecular weight is 266 g/mol. The molecule has 0 saturated carbocycles. The number of rotatable bonds is 1. The first-order valence-electron chi connectivity index (χ1n) is 4.33. The lowest BCUT2D eigenvalue weighted by Crippen LogP contribution is -2.12. The second kappa shape index (κ2) is 3.94. The molecule has 0 N–H and O–H groups in total. The van der Waals surface area contributed by atoms with Crippen LogP contribution in [0.25, 0.3) is 0 Å². The van der Waals surface area contributed by atoms with E-state index in [1.54, 1.807) is 31.6 Å². The van der Waals surface area contributed by atoms with Crippen molar-refractivity contribution in [1.82, 2.24) is 14.5 Å². The summed E-state index contributed by atoms with van der Waals surface area (Å²) in [6.45, 7) is 1.78. The molecule has 0 bridgehead atoms. The topological polar surface area (TPSA) is 47.8 Å². The number of aryl methyl sites for hydroxylation is 1. The molecule has 2 aromatic rings. The van der Waals surface area contributed by atoms with Crippen LogP contribution in [-0.2, 0) is 0 Å². The molecule has 2 rings (SSSR count). The minimum atomic E-state index is -0.126. The predicted octanol–water partition coefficient (Wildman–Crippen LogP) is 2.04. The first-order valence-corrected chi connectivity index (χ1v) is 5.13. The second-order valence-electron chi connectivity index (χ2n) is 3.04. The molecule has 76 valence electrons. The van der Waals surface area contributed by atoms with Crippen molar-refractivity contribution in [2.24, 2.45) is 0 Å². The molecular weight excluding hydrogens is 258 g/mol. The Morgan fingerprint density at radius 1 is 1.47 bits per heavy atom. The number of halogens is 1. The van der Waals surface area contributed by atoms with Crippen molar-refractivity contribution in [2.45, 2.75) is 6.92 Å². The maximum atomic E-state index is 11.9. The van der Waals surface area contributed by atoms with Gasteiger partial charge >= 0.3 is 0 Å². The monoisotopic (exact) mass is 265 g/mol. The van der Waals surface area contributed by atoms with E-state index >= 15 is 0 Å². The maximum Gasteiger partial charge on any atom is 0.264 e. The second-order valence-corrected chi connectivity index (χ2v) is 3.96. The lowest BCUT2D eigenvalue weighted by Gasteiger charge is -2.03. The van der Waals surface area contributed by atoms with Crippen LogP contribution in [0.2, 0.25) is 0 Å². The normalized spacial score (nSPS) is 10.3. The molecule has 0 radical (unpaired) electrons. The highest BCUT2D eigenvalue weighted by atomic mass is 79.9. The van der Waals surface area contributed by atoms with Crippen LogP contribution in [0.5, 0.6) is 0 Å². The number of pyridine rings is 1. The highest BCUT2D eigenvalue weighted by molar-refractivity contribution is 9.10. The van der Waals surface area contributed by atoms with Gasteiger partial charge < -0.3 is 0 Å². The van der Waals surface area contributed by atoms with Crippen LogP contribution in [0.1, 0.15) is 16.2 Å². The van der Waals surface area contributed by atoms with Crippen LogP contribution in [0, 0.1) is 6.92 Å². The van der Waals surface area contributed by atoms with Gasteiger partial charge in [0.05, 0.1) is 5.56 Å². The summed E-state index contributed by atoms with van der Waals surface area (Å²) in [7, 11) is 0. The zero-order chi connectivity index (χ0) is 10.8.